The molecule has 2 aromatic heterocycles. The molecule has 1 N–H and O–H groups in total. The average molecular weight is 323 g/mol. The van der Waals surface area contributed by atoms with E-state index in [1.54, 1.807) is 31.5 Å². The Balaban J connectivity index is 1.83. The van der Waals surface area contributed by atoms with Crippen LogP contribution in [0.15, 0.2) is 48.8 Å². The van der Waals surface area contributed by atoms with Crippen LogP contribution in [0.25, 0.3) is 16.7 Å². The smallest absolute Gasteiger partial charge is 0.251 e. The lowest BCUT2D eigenvalue weighted by molar-refractivity contribution is 0.0937. The number of ether oxygens (including phenoxy) is 1. The van der Waals surface area contributed by atoms with Crippen LogP contribution in [0.5, 0.6) is 0 Å². The highest BCUT2D eigenvalue weighted by molar-refractivity contribution is 5.94. The van der Waals surface area contributed by atoms with Gasteiger partial charge in [-0.05, 0) is 36.4 Å². The molecule has 0 spiro atoms. The number of carbonyl (C=O) groups excluding carboxylic acids is 2. The van der Waals surface area contributed by atoms with Gasteiger partial charge in [0, 0.05) is 48.2 Å². The van der Waals surface area contributed by atoms with Gasteiger partial charge in [-0.25, -0.2) is 4.98 Å². The number of aldehydes is 1. The number of fused-ring (bicyclic) bond motifs is 1. The van der Waals surface area contributed by atoms with Crippen LogP contribution in [0, 0.1) is 0 Å². The number of pyridine rings is 1. The third kappa shape index (κ3) is 3.18. The SMILES string of the molecule is COCCNC(=O)c1ccc(-n2ccc3cc(C=O)cnc32)cc1. The van der Waals surface area contributed by atoms with Crippen LogP contribution in [0.3, 0.4) is 0 Å². The number of rotatable bonds is 6. The molecule has 6 heteroatoms. The number of methoxy groups -OCH3 is 1. The largest absolute Gasteiger partial charge is 0.383 e. The Morgan fingerprint density at radius 3 is 2.79 bits per heavy atom. The zero-order valence-electron chi connectivity index (χ0n) is 13.2. The lowest BCUT2D eigenvalue weighted by Gasteiger charge is -2.07. The van der Waals surface area contributed by atoms with Gasteiger partial charge in [-0.15, -0.1) is 0 Å². The molecule has 122 valence electrons. The molecule has 0 radical (unpaired) electrons. The van der Waals surface area contributed by atoms with E-state index in [0.29, 0.717) is 24.3 Å². The lowest BCUT2D eigenvalue weighted by atomic mass is 10.2. The molecule has 0 unspecified atom stereocenters. The Morgan fingerprint density at radius 2 is 2.08 bits per heavy atom. The summed E-state index contributed by atoms with van der Waals surface area (Å²) in [4.78, 5) is 27.1. The second kappa shape index (κ2) is 7.06. The predicted molar refractivity (Wildman–Crippen MR) is 90.7 cm³/mol. The minimum atomic E-state index is -0.135. The quantitative estimate of drug-likeness (QED) is 0.557. The molecule has 6 nitrogen and oxygen atoms in total. The van der Waals surface area contributed by atoms with Gasteiger partial charge in [-0.2, -0.15) is 0 Å². The van der Waals surface area contributed by atoms with Crippen LogP contribution < -0.4 is 5.32 Å². The number of carbonyl (C=O) groups is 2. The van der Waals surface area contributed by atoms with E-state index < -0.39 is 0 Å². The van der Waals surface area contributed by atoms with Gasteiger partial charge in [-0.3, -0.25) is 9.59 Å². The zero-order chi connectivity index (χ0) is 16.9. The third-order valence-corrected chi connectivity index (χ3v) is 3.68. The molecule has 2 heterocycles. The second-order valence-electron chi connectivity index (χ2n) is 5.28. The molecular weight excluding hydrogens is 306 g/mol. The fourth-order valence-corrected chi connectivity index (χ4v) is 2.46. The number of hydrogen-bond donors (Lipinski definition) is 1. The summed E-state index contributed by atoms with van der Waals surface area (Å²) >= 11 is 0. The summed E-state index contributed by atoms with van der Waals surface area (Å²) in [6.45, 7) is 0.954. The van der Waals surface area contributed by atoms with E-state index in [4.69, 9.17) is 4.74 Å². The zero-order valence-corrected chi connectivity index (χ0v) is 13.2. The van der Waals surface area contributed by atoms with Gasteiger partial charge >= 0.3 is 0 Å². The van der Waals surface area contributed by atoms with Crippen LogP contribution in [0.4, 0.5) is 0 Å². The van der Waals surface area contributed by atoms with Crippen molar-refractivity contribution in [3.05, 3.63) is 59.9 Å². The van der Waals surface area contributed by atoms with Crippen molar-refractivity contribution in [3.8, 4) is 5.69 Å². The first kappa shape index (κ1) is 15.9. The standard InChI is InChI=1S/C18H17N3O3/c1-24-9-7-19-18(23)14-2-4-16(5-3-14)21-8-6-15-10-13(12-22)11-20-17(15)21/h2-6,8,10-12H,7,9H2,1H3,(H,19,23). The van der Waals surface area contributed by atoms with Crippen LogP contribution in [0.2, 0.25) is 0 Å². The summed E-state index contributed by atoms with van der Waals surface area (Å²) in [7, 11) is 1.59. The Kier molecular flexibility index (Phi) is 4.67. The highest BCUT2D eigenvalue weighted by atomic mass is 16.5. The summed E-state index contributed by atoms with van der Waals surface area (Å²) in [5, 5.41) is 3.67. The van der Waals surface area contributed by atoms with Crippen LogP contribution >= 0.6 is 0 Å². The van der Waals surface area contributed by atoms with Crippen molar-refractivity contribution in [1.29, 1.82) is 0 Å². The third-order valence-electron chi connectivity index (χ3n) is 3.68. The molecule has 0 bridgehead atoms. The minimum absolute atomic E-state index is 0.135. The van der Waals surface area contributed by atoms with E-state index in [9.17, 15) is 9.59 Å². The minimum Gasteiger partial charge on any atom is -0.383 e. The van der Waals surface area contributed by atoms with Crippen LogP contribution in [0.1, 0.15) is 20.7 Å². The molecule has 0 atom stereocenters. The molecule has 0 fully saturated rings. The molecule has 0 aliphatic heterocycles. The van der Waals surface area contributed by atoms with E-state index in [0.717, 1.165) is 23.0 Å². The number of benzene rings is 1. The maximum atomic E-state index is 12.0. The van der Waals surface area contributed by atoms with Gasteiger partial charge in [-0.1, -0.05) is 0 Å². The Bertz CT molecular complexity index is 869. The molecule has 0 saturated carbocycles. The van der Waals surface area contributed by atoms with E-state index >= 15 is 0 Å². The first-order valence-electron chi connectivity index (χ1n) is 7.53. The molecular formula is C18H17N3O3. The van der Waals surface area contributed by atoms with E-state index in [2.05, 4.69) is 10.3 Å². The number of hydrogen-bond acceptors (Lipinski definition) is 4. The van der Waals surface area contributed by atoms with Gasteiger partial charge in [0.2, 0.25) is 0 Å². The first-order chi connectivity index (χ1) is 11.7. The number of aromatic nitrogens is 2. The highest BCUT2D eigenvalue weighted by Crippen LogP contribution is 2.19. The van der Waals surface area contributed by atoms with Crippen LogP contribution in [-0.4, -0.2) is 42.0 Å². The van der Waals surface area contributed by atoms with Crippen molar-refractivity contribution >= 4 is 23.2 Å². The van der Waals surface area contributed by atoms with Crippen LogP contribution in [-0.2, 0) is 4.74 Å². The summed E-state index contributed by atoms with van der Waals surface area (Å²) in [5.74, 6) is -0.135. The average Bonchev–Trinajstić information content (AvgIpc) is 3.05. The number of amides is 1. The van der Waals surface area contributed by atoms with Gasteiger partial charge in [0.05, 0.1) is 6.61 Å². The normalized spacial score (nSPS) is 10.7. The molecule has 3 rings (SSSR count). The van der Waals surface area contributed by atoms with E-state index in [1.165, 1.54) is 0 Å². The Labute approximate surface area is 139 Å². The van der Waals surface area contributed by atoms with Gasteiger partial charge < -0.3 is 14.6 Å². The number of nitrogens with one attached hydrogen (secondary N) is 1. The summed E-state index contributed by atoms with van der Waals surface area (Å²) in [5.41, 5.74) is 2.79. The first-order valence-corrected chi connectivity index (χ1v) is 7.53. The van der Waals surface area contributed by atoms with Crippen molar-refractivity contribution in [2.45, 2.75) is 0 Å². The second-order valence-corrected chi connectivity index (χ2v) is 5.28. The van der Waals surface area contributed by atoms with E-state index in [1.807, 2.05) is 29.0 Å². The lowest BCUT2D eigenvalue weighted by Crippen LogP contribution is -2.26. The van der Waals surface area contributed by atoms with Crippen molar-refractivity contribution in [1.82, 2.24) is 14.9 Å². The summed E-state index contributed by atoms with van der Waals surface area (Å²) < 4.78 is 6.82. The van der Waals surface area contributed by atoms with Crippen molar-refractivity contribution in [2.24, 2.45) is 0 Å². The Morgan fingerprint density at radius 1 is 1.29 bits per heavy atom. The fraction of sp³-hybridized carbons (Fsp3) is 0.167. The number of nitrogens with zero attached hydrogens (tertiary/aromatic N) is 2. The Hall–Kier alpha value is -2.99. The molecule has 0 aliphatic rings. The van der Waals surface area contributed by atoms with Gasteiger partial charge in [0.25, 0.3) is 5.91 Å². The summed E-state index contributed by atoms with van der Waals surface area (Å²) in [6, 6.07) is 11.0. The fourth-order valence-electron chi connectivity index (χ4n) is 2.46. The van der Waals surface area contributed by atoms with Crippen molar-refractivity contribution < 1.29 is 14.3 Å². The molecule has 24 heavy (non-hydrogen) atoms. The molecule has 0 saturated heterocycles. The monoisotopic (exact) mass is 323 g/mol. The van der Waals surface area contributed by atoms with Crippen molar-refractivity contribution in [2.75, 3.05) is 20.3 Å². The molecule has 0 aliphatic carbocycles. The predicted octanol–water partition coefficient (Wildman–Crippen LogP) is 2.21. The highest BCUT2D eigenvalue weighted by Gasteiger charge is 2.08. The molecule has 1 aromatic carbocycles. The van der Waals surface area contributed by atoms with Gasteiger partial charge in [0.15, 0.2) is 6.29 Å². The molecule has 1 amide bonds. The van der Waals surface area contributed by atoms with Crippen molar-refractivity contribution in [3.63, 3.8) is 0 Å². The molecule has 3 aromatic rings. The maximum Gasteiger partial charge on any atom is 0.251 e. The van der Waals surface area contributed by atoms with E-state index in [-0.39, 0.29) is 5.91 Å². The van der Waals surface area contributed by atoms with Gasteiger partial charge in [0.1, 0.15) is 5.65 Å². The summed E-state index contributed by atoms with van der Waals surface area (Å²) in [6.07, 6.45) is 4.21. The maximum absolute atomic E-state index is 12.0. The topological polar surface area (TPSA) is 73.2 Å².